The lowest BCUT2D eigenvalue weighted by Gasteiger charge is -2.21. The topological polar surface area (TPSA) is 52.1 Å². The molecule has 0 saturated carbocycles. The van der Waals surface area contributed by atoms with Gasteiger partial charge in [0.25, 0.3) is 0 Å². The quantitative estimate of drug-likeness (QED) is 0.273. The van der Waals surface area contributed by atoms with E-state index in [1.165, 1.54) is 25.1 Å². The molecule has 0 unspecified atom stereocenters. The molecule has 148 valence electrons. The fourth-order valence-corrected chi connectivity index (χ4v) is 2.85. The summed E-state index contributed by atoms with van der Waals surface area (Å²) in [5.41, 5.74) is 1.24. The molecule has 1 aliphatic rings. The lowest BCUT2D eigenvalue weighted by Crippen LogP contribution is -2.43. The standard InChI is InChI=1S/C19H33N5O.HI/c1-17-5-7-18(8-6-17)25-16-10-22-19(20-2)21-9-13-24-12-4-11-23(3)14-15-24;/h5-8H,4,9-16H2,1-3H3,(H2,20,21,22);1H. The lowest BCUT2D eigenvalue weighted by molar-refractivity contribution is 0.279. The fraction of sp³-hybridized carbons (Fsp3) is 0.632. The molecule has 0 radical (unpaired) electrons. The minimum Gasteiger partial charge on any atom is -0.492 e. The van der Waals surface area contributed by atoms with E-state index in [1.807, 2.05) is 12.1 Å². The van der Waals surface area contributed by atoms with Crippen LogP contribution in [0.15, 0.2) is 29.3 Å². The van der Waals surface area contributed by atoms with Gasteiger partial charge in [-0.15, -0.1) is 24.0 Å². The Bertz CT molecular complexity index is 523. The minimum atomic E-state index is 0. The predicted octanol–water partition coefficient (Wildman–Crippen LogP) is 1.79. The zero-order chi connectivity index (χ0) is 17.9. The number of guanidine groups is 1. The number of aliphatic imine (C=N–C) groups is 1. The molecule has 1 heterocycles. The molecule has 0 spiro atoms. The van der Waals surface area contributed by atoms with E-state index in [4.69, 9.17) is 4.74 Å². The highest BCUT2D eigenvalue weighted by atomic mass is 127. The first kappa shape index (κ1) is 23.0. The van der Waals surface area contributed by atoms with Gasteiger partial charge in [0.05, 0.1) is 6.54 Å². The number of aryl methyl sites for hydroxylation is 1. The number of ether oxygens (including phenoxy) is 1. The molecule has 1 saturated heterocycles. The Morgan fingerprint density at radius 3 is 2.54 bits per heavy atom. The number of nitrogens with zero attached hydrogens (tertiary/aromatic N) is 3. The van der Waals surface area contributed by atoms with Crippen molar-refractivity contribution < 1.29 is 4.74 Å². The van der Waals surface area contributed by atoms with Gasteiger partial charge in [0.15, 0.2) is 5.96 Å². The van der Waals surface area contributed by atoms with Crippen LogP contribution in [-0.2, 0) is 0 Å². The summed E-state index contributed by atoms with van der Waals surface area (Å²) in [5.74, 6) is 1.74. The Morgan fingerprint density at radius 2 is 1.81 bits per heavy atom. The van der Waals surface area contributed by atoms with E-state index in [1.54, 1.807) is 7.05 Å². The summed E-state index contributed by atoms with van der Waals surface area (Å²) in [6.07, 6.45) is 1.25. The maximum Gasteiger partial charge on any atom is 0.191 e. The molecule has 2 rings (SSSR count). The molecule has 0 bridgehead atoms. The first-order valence-electron chi connectivity index (χ1n) is 9.22. The lowest BCUT2D eigenvalue weighted by atomic mass is 10.2. The van der Waals surface area contributed by atoms with Gasteiger partial charge in [0.2, 0.25) is 0 Å². The van der Waals surface area contributed by atoms with Crippen LogP contribution < -0.4 is 15.4 Å². The molecule has 1 fully saturated rings. The van der Waals surface area contributed by atoms with E-state index in [-0.39, 0.29) is 24.0 Å². The predicted molar refractivity (Wildman–Crippen MR) is 120 cm³/mol. The van der Waals surface area contributed by atoms with Crippen molar-refractivity contribution in [2.24, 2.45) is 4.99 Å². The summed E-state index contributed by atoms with van der Waals surface area (Å²) < 4.78 is 5.72. The Labute approximate surface area is 175 Å². The zero-order valence-electron chi connectivity index (χ0n) is 16.3. The third kappa shape index (κ3) is 9.05. The second-order valence-corrected chi connectivity index (χ2v) is 6.59. The van der Waals surface area contributed by atoms with E-state index >= 15 is 0 Å². The number of hydrogen-bond acceptors (Lipinski definition) is 4. The molecule has 1 aromatic carbocycles. The summed E-state index contributed by atoms with van der Waals surface area (Å²) in [4.78, 5) is 9.19. The molecule has 0 amide bonds. The van der Waals surface area contributed by atoms with Crippen molar-refractivity contribution in [3.8, 4) is 5.75 Å². The molecule has 1 aromatic rings. The van der Waals surface area contributed by atoms with Crippen LogP contribution in [0, 0.1) is 6.92 Å². The number of benzene rings is 1. The number of nitrogens with one attached hydrogen (secondary N) is 2. The van der Waals surface area contributed by atoms with E-state index in [9.17, 15) is 0 Å². The summed E-state index contributed by atoms with van der Waals surface area (Å²) in [5, 5.41) is 6.68. The van der Waals surface area contributed by atoms with Gasteiger partial charge < -0.3 is 25.2 Å². The molecular formula is C19H34IN5O. The molecule has 26 heavy (non-hydrogen) atoms. The van der Waals surface area contributed by atoms with Crippen LogP contribution in [0.5, 0.6) is 5.75 Å². The van der Waals surface area contributed by atoms with Crippen molar-refractivity contribution in [2.75, 3.05) is 66.5 Å². The van der Waals surface area contributed by atoms with Crippen LogP contribution in [-0.4, -0.2) is 82.3 Å². The summed E-state index contributed by atoms with van der Waals surface area (Å²) in [7, 11) is 4.00. The van der Waals surface area contributed by atoms with Gasteiger partial charge in [-0.2, -0.15) is 0 Å². The Hall–Kier alpha value is -1.06. The average Bonchev–Trinajstić information content (AvgIpc) is 2.83. The van der Waals surface area contributed by atoms with Gasteiger partial charge in [0.1, 0.15) is 12.4 Å². The number of hydrogen-bond donors (Lipinski definition) is 2. The fourth-order valence-electron chi connectivity index (χ4n) is 2.85. The van der Waals surface area contributed by atoms with Gasteiger partial charge in [-0.3, -0.25) is 4.99 Å². The third-order valence-corrected chi connectivity index (χ3v) is 4.44. The number of rotatable bonds is 7. The first-order valence-corrected chi connectivity index (χ1v) is 9.22. The van der Waals surface area contributed by atoms with Crippen LogP contribution in [0.4, 0.5) is 0 Å². The van der Waals surface area contributed by atoms with Crippen molar-refractivity contribution in [1.29, 1.82) is 0 Å². The van der Waals surface area contributed by atoms with E-state index < -0.39 is 0 Å². The molecule has 2 N–H and O–H groups in total. The molecular weight excluding hydrogens is 441 g/mol. The van der Waals surface area contributed by atoms with Crippen molar-refractivity contribution in [3.05, 3.63) is 29.8 Å². The highest BCUT2D eigenvalue weighted by Gasteiger charge is 2.11. The smallest absolute Gasteiger partial charge is 0.191 e. The maximum atomic E-state index is 5.72. The van der Waals surface area contributed by atoms with Gasteiger partial charge in [-0.05, 0) is 45.6 Å². The average molecular weight is 475 g/mol. The normalized spacial score (nSPS) is 16.5. The highest BCUT2D eigenvalue weighted by Crippen LogP contribution is 2.10. The van der Waals surface area contributed by atoms with E-state index in [0.717, 1.165) is 44.4 Å². The molecule has 7 heteroatoms. The number of likely N-dealkylation sites (N-methyl/N-ethyl adjacent to an activating group) is 1. The minimum absolute atomic E-state index is 0. The van der Waals surface area contributed by atoms with Crippen molar-refractivity contribution in [1.82, 2.24) is 20.4 Å². The summed E-state index contributed by atoms with van der Waals surface area (Å²) >= 11 is 0. The second kappa shape index (κ2) is 13.2. The zero-order valence-corrected chi connectivity index (χ0v) is 18.7. The third-order valence-electron chi connectivity index (χ3n) is 4.44. The summed E-state index contributed by atoms with van der Waals surface area (Å²) in [6.45, 7) is 10.1. The Morgan fingerprint density at radius 1 is 1.08 bits per heavy atom. The van der Waals surface area contributed by atoms with E-state index in [0.29, 0.717) is 6.61 Å². The van der Waals surface area contributed by atoms with Gasteiger partial charge in [0, 0.05) is 33.2 Å². The first-order chi connectivity index (χ1) is 12.2. The largest absolute Gasteiger partial charge is 0.492 e. The highest BCUT2D eigenvalue weighted by molar-refractivity contribution is 14.0. The van der Waals surface area contributed by atoms with Gasteiger partial charge in [-0.25, -0.2) is 0 Å². The van der Waals surface area contributed by atoms with E-state index in [2.05, 4.69) is 51.5 Å². The Balaban J connectivity index is 0.00000338. The van der Waals surface area contributed by atoms with Crippen LogP contribution >= 0.6 is 24.0 Å². The molecule has 1 aliphatic heterocycles. The molecule has 6 nitrogen and oxygen atoms in total. The van der Waals surface area contributed by atoms with Gasteiger partial charge >= 0.3 is 0 Å². The molecule has 0 aromatic heterocycles. The monoisotopic (exact) mass is 475 g/mol. The SMILES string of the molecule is CN=C(NCCOc1ccc(C)cc1)NCCN1CCCN(C)CC1.I. The molecule has 0 atom stereocenters. The van der Waals surface area contributed by atoms with Crippen LogP contribution in [0.1, 0.15) is 12.0 Å². The molecule has 0 aliphatic carbocycles. The van der Waals surface area contributed by atoms with Crippen LogP contribution in [0.3, 0.4) is 0 Å². The van der Waals surface area contributed by atoms with Crippen molar-refractivity contribution in [2.45, 2.75) is 13.3 Å². The van der Waals surface area contributed by atoms with Crippen LogP contribution in [0.25, 0.3) is 0 Å². The number of halogens is 1. The van der Waals surface area contributed by atoms with Crippen molar-refractivity contribution >= 4 is 29.9 Å². The summed E-state index contributed by atoms with van der Waals surface area (Å²) in [6, 6.07) is 8.12. The Kier molecular flexibility index (Phi) is 11.6. The van der Waals surface area contributed by atoms with Gasteiger partial charge in [-0.1, -0.05) is 17.7 Å². The second-order valence-electron chi connectivity index (χ2n) is 6.59. The van der Waals surface area contributed by atoms with Crippen LogP contribution in [0.2, 0.25) is 0 Å². The van der Waals surface area contributed by atoms with Crippen molar-refractivity contribution in [3.63, 3.8) is 0 Å². The maximum absolute atomic E-state index is 5.72.